The van der Waals surface area contributed by atoms with Crippen molar-refractivity contribution in [2.75, 3.05) is 32.8 Å². The fraction of sp³-hybridized carbons (Fsp3) is 0.733. The number of aryl methyl sites for hydroxylation is 1. The van der Waals surface area contributed by atoms with Crippen LogP contribution in [0, 0.1) is 6.92 Å². The average Bonchev–Trinajstić information content (AvgIpc) is 2.87. The Morgan fingerprint density at radius 1 is 1.43 bits per heavy atom. The van der Waals surface area contributed by atoms with Crippen molar-refractivity contribution in [1.82, 2.24) is 15.2 Å². The van der Waals surface area contributed by atoms with Crippen molar-refractivity contribution >= 4 is 17.3 Å². The first-order valence-electron chi connectivity index (χ1n) is 7.76. The molecular weight excluding hydrogens is 286 g/mol. The van der Waals surface area contributed by atoms with Crippen molar-refractivity contribution in [3.63, 3.8) is 0 Å². The van der Waals surface area contributed by atoms with Crippen LogP contribution >= 0.6 is 11.3 Å². The van der Waals surface area contributed by atoms with Gasteiger partial charge in [-0.1, -0.05) is 13.3 Å². The average molecular weight is 311 g/mol. The van der Waals surface area contributed by atoms with Gasteiger partial charge in [-0.2, -0.15) is 0 Å². The molecule has 2 rings (SSSR count). The van der Waals surface area contributed by atoms with Gasteiger partial charge in [0.25, 0.3) is 0 Å². The van der Waals surface area contributed by atoms with Crippen LogP contribution in [0.3, 0.4) is 0 Å². The molecule has 5 nitrogen and oxygen atoms in total. The molecule has 1 fully saturated rings. The van der Waals surface area contributed by atoms with Crippen LogP contribution in [0.5, 0.6) is 0 Å². The number of esters is 1. The van der Waals surface area contributed by atoms with Crippen LogP contribution in [0.2, 0.25) is 0 Å². The van der Waals surface area contributed by atoms with Crippen LogP contribution in [0.15, 0.2) is 0 Å². The van der Waals surface area contributed by atoms with Crippen molar-refractivity contribution < 1.29 is 9.53 Å². The second kappa shape index (κ2) is 7.87. The summed E-state index contributed by atoms with van der Waals surface area (Å²) in [6.45, 7) is 10.5. The maximum absolute atomic E-state index is 12.0. The largest absolute Gasteiger partial charge is 0.462 e. The lowest BCUT2D eigenvalue weighted by atomic mass is 10.1. The lowest BCUT2D eigenvalue weighted by molar-refractivity contribution is 0.0531. The number of nitrogens with zero attached hydrogens (tertiary/aromatic N) is 2. The highest BCUT2D eigenvalue weighted by molar-refractivity contribution is 7.13. The highest BCUT2D eigenvalue weighted by Crippen LogP contribution is 2.31. The lowest BCUT2D eigenvalue weighted by Crippen LogP contribution is -2.45. The predicted octanol–water partition coefficient (Wildman–Crippen LogP) is 2.37. The Hall–Kier alpha value is -0.980. The standard InChI is InChI=1S/C15H25N3O2S/c1-4-6-12(18-9-7-16-8-10-18)14-17-11(3)13(21-14)15(19)20-5-2/h12,16H,4-10H2,1-3H3. The van der Waals surface area contributed by atoms with Crippen LogP contribution in [0.25, 0.3) is 0 Å². The number of ether oxygens (including phenoxy) is 1. The molecule has 0 aliphatic carbocycles. The van der Waals surface area contributed by atoms with Crippen LogP contribution in [0.4, 0.5) is 0 Å². The van der Waals surface area contributed by atoms with Crippen LogP contribution in [-0.2, 0) is 4.74 Å². The molecule has 21 heavy (non-hydrogen) atoms. The number of hydrogen-bond donors (Lipinski definition) is 1. The van der Waals surface area contributed by atoms with E-state index in [1.165, 1.54) is 11.3 Å². The fourth-order valence-electron chi connectivity index (χ4n) is 2.68. The maximum atomic E-state index is 12.0. The molecule has 0 aromatic carbocycles. The molecule has 0 amide bonds. The number of rotatable bonds is 6. The van der Waals surface area contributed by atoms with E-state index in [1.54, 1.807) is 0 Å². The summed E-state index contributed by atoms with van der Waals surface area (Å²) in [5.74, 6) is -0.241. The smallest absolute Gasteiger partial charge is 0.350 e. The predicted molar refractivity (Wildman–Crippen MR) is 84.9 cm³/mol. The molecule has 1 unspecified atom stereocenters. The number of thiazole rings is 1. The molecule has 1 N–H and O–H groups in total. The number of carbonyl (C=O) groups excluding carboxylic acids is 1. The van der Waals surface area contributed by atoms with E-state index >= 15 is 0 Å². The molecule has 0 saturated carbocycles. The number of piperazine rings is 1. The molecule has 0 radical (unpaired) electrons. The minimum Gasteiger partial charge on any atom is -0.462 e. The second-order valence-electron chi connectivity index (χ2n) is 5.28. The van der Waals surface area contributed by atoms with Crippen LogP contribution < -0.4 is 5.32 Å². The third-order valence-electron chi connectivity index (χ3n) is 3.71. The maximum Gasteiger partial charge on any atom is 0.350 e. The molecular formula is C15H25N3O2S. The molecule has 118 valence electrons. The molecule has 1 atom stereocenters. The number of nitrogens with one attached hydrogen (secondary N) is 1. The third kappa shape index (κ3) is 4.02. The molecule has 0 spiro atoms. The van der Waals surface area contributed by atoms with Gasteiger partial charge in [0.15, 0.2) is 0 Å². The minimum absolute atomic E-state index is 0.241. The van der Waals surface area contributed by atoms with Gasteiger partial charge in [0, 0.05) is 26.2 Å². The molecule has 1 saturated heterocycles. The highest BCUT2D eigenvalue weighted by Gasteiger charge is 2.26. The first-order valence-corrected chi connectivity index (χ1v) is 8.58. The SMILES string of the molecule is CCCC(c1nc(C)c(C(=O)OCC)s1)N1CCNCC1. The van der Waals surface area contributed by atoms with Gasteiger partial charge in [-0.25, -0.2) is 9.78 Å². The summed E-state index contributed by atoms with van der Waals surface area (Å²) < 4.78 is 5.12. The number of carbonyl (C=O) groups is 1. The summed E-state index contributed by atoms with van der Waals surface area (Å²) in [6.07, 6.45) is 2.19. The van der Waals surface area contributed by atoms with E-state index in [9.17, 15) is 4.79 Å². The zero-order valence-electron chi connectivity index (χ0n) is 13.1. The van der Waals surface area contributed by atoms with Crippen molar-refractivity contribution in [3.8, 4) is 0 Å². The Bertz CT molecular complexity index is 469. The van der Waals surface area contributed by atoms with E-state index in [1.807, 2.05) is 13.8 Å². The van der Waals surface area contributed by atoms with E-state index in [0.717, 1.165) is 49.7 Å². The van der Waals surface area contributed by atoms with Gasteiger partial charge >= 0.3 is 5.97 Å². The van der Waals surface area contributed by atoms with Gasteiger partial charge in [-0.3, -0.25) is 4.90 Å². The van der Waals surface area contributed by atoms with E-state index in [0.29, 0.717) is 17.5 Å². The quantitative estimate of drug-likeness (QED) is 0.818. The first-order chi connectivity index (χ1) is 10.2. The second-order valence-corrected chi connectivity index (χ2v) is 6.31. The lowest BCUT2D eigenvalue weighted by Gasteiger charge is -2.33. The number of aromatic nitrogens is 1. The van der Waals surface area contributed by atoms with Crippen LogP contribution in [-0.4, -0.2) is 48.6 Å². The van der Waals surface area contributed by atoms with E-state index in [4.69, 9.17) is 4.74 Å². The summed E-state index contributed by atoms with van der Waals surface area (Å²) in [4.78, 5) is 19.8. The molecule has 2 heterocycles. The summed E-state index contributed by atoms with van der Waals surface area (Å²) >= 11 is 1.50. The van der Waals surface area contributed by atoms with Crippen molar-refractivity contribution in [3.05, 3.63) is 15.6 Å². The highest BCUT2D eigenvalue weighted by atomic mass is 32.1. The Kier molecular flexibility index (Phi) is 6.14. The summed E-state index contributed by atoms with van der Waals surface area (Å²) in [5, 5.41) is 4.44. The Labute approximate surface area is 130 Å². The monoisotopic (exact) mass is 311 g/mol. The molecule has 1 aliphatic heterocycles. The van der Waals surface area contributed by atoms with Gasteiger partial charge in [0.1, 0.15) is 9.88 Å². The molecule has 1 aromatic rings. The Balaban J connectivity index is 2.19. The first kappa shape index (κ1) is 16.4. The van der Waals surface area contributed by atoms with Gasteiger partial charge in [-0.05, 0) is 20.3 Å². The summed E-state index contributed by atoms with van der Waals surface area (Å²) in [5.41, 5.74) is 0.796. The normalized spacial score (nSPS) is 17.7. The van der Waals surface area contributed by atoms with Crippen molar-refractivity contribution in [1.29, 1.82) is 0 Å². The fourth-order valence-corrected chi connectivity index (χ4v) is 3.81. The number of hydrogen-bond acceptors (Lipinski definition) is 6. The van der Waals surface area contributed by atoms with E-state index < -0.39 is 0 Å². The van der Waals surface area contributed by atoms with Crippen molar-refractivity contribution in [2.45, 2.75) is 39.7 Å². The zero-order chi connectivity index (χ0) is 15.2. The van der Waals surface area contributed by atoms with E-state index in [-0.39, 0.29) is 5.97 Å². The summed E-state index contributed by atoms with van der Waals surface area (Å²) in [7, 11) is 0. The Morgan fingerprint density at radius 3 is 2.76 bits per heavy atom. The zero-order valence-corrected chi connectivity index (χ0v) is 14.0. The van der Waals surface area contributed by atoms with Gasteiger partial charge in [-0.15, -0.1) is 11.3 Å². The van der Waals surface area contributed by atoms with Gasteiger partial charge in [0.05, 0.1) is 18.3 Å². The van der Waals surface area contributed by atoms with E-state index in [2.05, 4.69) is 22.1 Å². The molecule has 1 aliphatic rings. The van der Waals surface area contributed by atoms with Gasteiger partial charge in [0.2, 0.25) is 0 Å². The Morgan fingerprint density at radius 2 is 2.14 bits per heavy atom. The topological polar surface area (TPSA) is 54.5 Å². The molecule has 1 aromatic heterocycles. The third-order valence-corrected chi connectivity index (χ3v) is 4.95. The van der Waals surface area contributed by atoms with Crippen molar-refractivity contribution in [2.24, 2.45) is 0 Å². The molecule has 0 bridgehead atoms. The van der Waals surface area contributed by atoms with Crippen LogP contribution in [0.1, 0.15) is 53.1 Å². The molecule has 6 heteroatoms. The minimum atomic E-state index is -0.241. The summed E-state index contributed by atoms with van der Waals surface area (Å²) in [6, 6.07) is 0.323. The van der Waals surface area contributed by atoms with Gasteiger partial charge < -0.3 is 10.1 Å².